The Morgan fingerprint density at radius 3 is 2.93 bits per heavy atom. The van der Waals surface area contributed by atoms with Gasteiger partial charge in [-0.05, 0) is 49.4 Å². The summed E-state index contributed by atoms with van der Waals surface area (Å²) < 4.78 is 13.2. The third kappa shape index (κ3) is 3.95. The quantitative estimate of drug-likeness (QED) is 0.606. The van der Waals surface area contributed by atoms with Crippen LogP contribution in [0.3, 0.4) is 0 Å². The van der Waals surface area contributed by atoms with E-state index in [0.717, 1.165) is 41.5 Å². The first kappa shape index (κ1) is 19.1. The number of thiophene rings is 1. The third-order valence-electron chi connectivity index (χ3n) is 4.92. The molecule has 2 N–H and O–H groups in total. The number of amides is 1. The lowest BCUT2D eigenvalue weighted by Crippen LogP contribution is -2.16. The van der Waals surface area contributed by atoms with E-state index in [1.807, 2.05) is 0 Å². The first-order chi connectivity index (χ1) is 13.5. The molecule has 2 heterocycles. The second kappa shape index (κ2) is 8.01. The van der Waals surface area contributed by atoms with Gasteiger partial charge in [-0.15, -0.1) is 11.3 Å². The molecule has 0 unspecified atom stereocenters. The van der Waals surface area contributed by atoms with Gasteiger partial charge >= 0.3 is 0 Å². The molecule has 0 radical (unpaired) electrons. The van der Waals surface area contributed by atoms with E-state index in [1.54, 1.807) is 11.3 Å². The molecule has 0 aliphatic heterocycles. The van der Waals surface area contributed by atoms with Gasteiger partial charge < -0.3 is 10.3 Å². The van der Waals surface area contributed by atoms with E-state index >= 15 is 0 Å². The van der Waals surface area contributed by atoms with Gasteiger partial charge in [0.15, 0.2) is 0 Å². The number of nitrogens with one attached hydrogen (secondary N) is 2. The molecule has 1 aromatic carbocycles. The molecule has 0 atom stereocenters. The number of aryl methyl sites for hydroxylation is 3. The standard InChI is InChI=1S/C20H19ClFN3O2S/c21-13-10-11(6-7-14(13)22)23-17(26)9-8-16-24-19(27)18-12-4-2-1-3-5-15(12)28-20(18)25-16/h6-7,10H,1-5,8-9H2,(H,23,26)(H,24,25,27). The Labute approximate surface area is 170 Å². The number of H-pyrrole nitrogens is 1. The van der Waals surface area contributed by atoms with Crippen LogP contribution in [0.15, 0.2) is 23.0 Å². The monoisotopic (exact) mass is 419 g/mol. The molecule has 8 heteroatoms. The Bertz CT molecular complexity index is 1110. The molecule has 3 aromatic rings. The summed E-state index contributed by atoms with van der Waals surface area (Å²) in [6.07, 6.45) is 5.85. The molecule has 28 heavy (non-hydrogen) atoms. The van der Waals surface area contributed by atoms with Crippen molar-refractivity contribution in [2.75, 3.05) is 5.32 Å². The number of aromatic nitrogens is 2. The molecule has 0 saturated heterocycles. The predicted molar refractivity (Wildman–Crippen MR) is 110 cm³/mol. The number of carbonyl (C=O) groups is 1. The van der Waals surface area contributed by atoms with Gasteiger partial charge in [-0.1, -0.05) is 18.0 Å². The summed E-state index contributed by atoms with van der Waals surface area (Å²) in [5.41, 5.74) is 1.46. The number of benzene rings is 1. The van der Waals surface area contributed by atoms with E-state index in [-0.39, 0.29) is 22.9 Å². The van der Waals surface area contributed by atoms with Gasteiger partial charge in [-0.25, -0.2) is 9.37 Å². The molecule has 1 aliphatic carbocycles. The van der Waals surface area contributed by atoms with Crippen LogP contribution in [0.25, 0.3) is 10.2 Å². The average molecular weight is 420 g/mol. The van der Waals surface area contributed by atoms with Crippen molar-refractivity contribution in [3.8, 4) is 0 Å². The first-order valence-electron chi connectivity index (χ1n) is 9.29. The number of carbonyl (C=O) groups excluding carboxylic acids is 1. The van der Waals surface area contributed by atoms with Crippen molar-refractivity contribution in [2.45, 2.75) is 44.9 Å². The minimum Gasteiger partial charge on any atom is -0.326 e. The molecular formula is C20H19ClFN3O2S. The molecule has 4 rings (SSSR count). The van der Waals surface area contributed by atoms with Crippen molar-refractivity contribution >= 4 is 44.7 Å². The van der Waals surface area contributed by atoms with E-state index in [9.17, 15) is 14.0 Å². The number of fused-ring (bicyclic) bond motifs is 3. The highest BCUT2D eigenvalue weighted by molar-refractivity contribution is 7.18. The minimum absolute atomic E-state index is 0.0493. The van der Waals surface area contributed by atoms with Crippen molar-refractivity contribution in [2.24, 2.45) is 0 Å². The van der Waals surface area contributed by atoms with Crippen LogP contribution in [0.4, 0.5) is 10.1 Å². The van der Waals surface area contributed by atoms with Gasteiger partial charge in [-0.3, -0.25) is 9.59 Å². The van der Waals surface area contributed by atoms with Crippen molar-refractivity contribution in [1.29, 1.82) is 0 Å². The van der Waals surface area contributed by atoms with E-state index in [2.05, 4.69) is 15.3 Å². The molecule has 0 spiro atoms. The lowest BCUT2D eigenvalue weighted by Gasteiger charge is -2.06. The van der Waals surface area contributed by atoms with Crippen molar-refractivity contribution in [3.63, 3.8) is 0 Å². The van der Waals surface area contributed by atoms with Gasteiger partial charge in [0.2, 0.25) is 5.91 Å². The summed E-state index contributed by atoms with van der Waals surface area (Å²) in [4.78, 5) is 34.2. The van der Waals surface area contributed by atoms with E-state index < -0.39 is 5.82 Å². The molecule has 0 saturated carbocycles. The Morgan fingerprint density at radius 1 is 1.29 bits per heavy atom. The summed E-state index contributed by atoms with van der Waals surface area (Å²) in [7, 11) is 0. The molecule has 146 valence electrons. The average Bonchev–Trinajstić information content (AvgIpc) is 2.85. The molecule has 2 aromatic heterocycles. The van der Waals surface area contributed by atoms with Crippen LogP contribution in [0.2, 0.25) is 5.02 Å². The molecular weight excluding hydrogens is 401 g/mol. The van der Waals surface area contributed by atoms with Crippen LogP contribution in [0.5, 0.6) is 0 Å². The molecule has 0 bridgehead atoms. The van der Waals surface area contributed by atoms with Crippen molar-refractivity contribution < 1.29 is 9.18 Å². The Hall–Kier alpha value is -2.25. The number of nitrogens with zero attached hydrogens (tertiary/aromatic N) is 1. The Balaban J connectivity index is 1.48. The maximum Gasteiger partial charge on any atom is 0.259 e. The highest BCUT2D eigenvalue weighted by Gasteiger charge is 2.19. The van der Waals surface area contributed by atoms with Crippen molar-refractivity contribution in [1.82, 2.24) is 9.97 Å². The number of rotatable bonds is 4. The van der Waals surface area contributed by atoms with E-state index in [4.69, 9.17) is 11.6 Å². The van der Waals surface area contributed by atoms with Gasteiger partial charge in [0.05, 0.1) is 10.4 Å². The lowest BCUT2D eigenvalue weighted by molar-refractivity contribution is -0.116. The summed E-state index contributed by atoms with van der Waals surface area (Å²) in [5.74, 6) is -0.294. The fourth-order valence-corrected chi connectivity index (χ4v) is 4.99. The topological polar surface area (TPSA) is 74.8 Å². The van der Waals surface area contributed by atoms with Crippen LogP contribution >= 0.6 is 22.9 Å². The second-order valence-electron chi connectivity index (χ2n) is 6.93. The van der Waals surface area contributed by atoms with Gasteiger partial charge in [0.1, 0.15) is 16.5 Å². The molecule has 0 fully saturated rings. The lowest BCUT2D eigenvalue weighted by atomic mass is 10.1. The van der Waals surface area contributed by atoms with Crippen LogP contribution in [0.1, 0.15) is 41.9 Å². The predicted octanol–water partition coefficient (Wildman–Crippen LogP) is 4.62. The maximum absolute atomic E-state index is 13.2. The first-order valence-corrected chi connectivity index (χ1v) is 10.5. The SMILES string of the molecule is O=C(CCc1nc2sc3c(c2c(=O)[nH]1)CCCCC3)Nc1ccc(F)c(Cl)c1. The zero-order valence-corrected chi connectivity index (χ0v) is 16.7. The number of hydrogen-bond acceptors (Lipinski definition) is 4. The summed E-state index contributed by atoms with van der Waals surface area (Å²) in [6, 6.07) is 4.01. The summed E-state index contributed by atoms with van der Waals surface area (Å²) in [6.45, 7) is 0. The van der Waals surface area contributed by atoms with E-state index in [1.165, 1.54) is 29.5 Å². The second-order valence-corrected chi connectivity index (χ2v) is 8.43. The van der Waals surface area contributed by atoms with Crippen LogP contribution < -0.4 is 10.9 Å². The van der Waals surface area contributed by atoms with E-state index in [0.29, 0.717) is 17.9 Å². The van der Waals surface area contributed by atoms with Gasteiger partial charge in [0, 0.05) is 23.4 Å². The van der Waals surface area contributed by atoms with Gasteiger partial charge in [-0.2, -0.15) is 0 Å². The normalized spacial score (nSPS) is 13.9. The number of aromatic amines is 1. The summed E-state index contributed by atoms with van der Waals surface area (Å²) in [5, 5.41) is 3.34. The summed E-state index contributed by atoms with van der Waals surface area (Å²) >= 11 is 7.32. The Morgan fingerprint density at radius 2 is 2.11 bits per heavy atom. The zero-order valence-electron chi connectivity index (χ0n) is 15.1. The highest BCUT2D eigenvalue weighted by atomic mass is 35.5. The van der Waals surface area contributed by atoms with Crippen molar-refractivity contribution in [3.05, 3.63) is 55.7 Å². The molecule has 1 aliphatic rings. The molecule has 1 amide bonds. The largest absolute Gasteiger partial charge is 0.326 e. The number of anilines is 1. The van der Waals surface area contributed by atoms with Crippen LogP contribution in [-0.2, 0) is 24.1 Å². The number of halogens is 2. The minimum atomic E-state index is -0.538. The zero-order chi connectivity index (χ0) is 19.7. The highest BCUT2D eigenvalue weighted by Crippen LogP contribution is 2.32. The maximum atomic E-state index is 13.2. The van der Waals surface area contributed by atoms with Gasteiger partial charge in [0.25, 0.3) is 5.56 Å². The fraction of sp³-hybridized carbons (Fsp3) is 0.350. The smallest absolute Gasteiger partial charge is 0.259 e. The number of hydrogen-bond donors (Lipinski definition) is 2. The molecule has 5 nitrogen and oxygen atoms in total. The van der Waals surface area contributed by atoms with Crippen LogP contribution in [-0.4, -0.2) is 15.9 Å². The Kier molecular flexibility index (Phi) is 5.46. The fourth-order valence-electron chi connectivity index (χ4n) is 3.53. The third-order valence-corrected chi connectivity index (χ3v) is 6.39. The van der Waals surface area contributed by atoms with Crippen LogP contribution in [0, 0.1) is 5.82 Å².